The average Bonchev–Trinajstić information content (AvgIpc) is 3.33. The molecule has 0 bridgehead atoms. The molecule has 1 amide bonds. The van der Waals surface area contributed by atoms with E-state index in [1.165, 1.54) is 0 Å². The molecule has 156 valence electrons. The molecule has 0 radical (unpaired) electrons. The van der Waals surface area contributed by atoms with Gasteiger partial charge in [0.05, 0.1) is 18.3 Å². The highest BCUT2D eigenvalue weighted by Crippen LogP contribution is 2.25. The Balaban J connectivity index is 1.60. The molecule has 0 aliphatic carbocycles. The number of benzene rings is 1. The van der Waals surface area contributed by atoms with E-state index in [0.717, 1.165) is 17.5 Å². The highest BCUT2D eigenvalue weighted by molar-refractivity contribution is 5.94. The standard InChI is InChI=1S/C24H23N5O2/c1-2-20(16-7-4-3-5-8-16)28-24(31)21-11-18(13-26-21)22-19(15-30)14-27-23(29-22)17-9-6-10-25-12-17/h3-14,20,26,30H,2,15H2,1H3,(H,28,31)/t20-/m1/s1. The zero-order valence-electron chi connectivity index (χ0n) is 17.1. The van der Waals surface area contributed by atoms with Crippen LogP contribution < -0.4 is 5.32 Å². The molecule has 0 aliphatic rings. The lowest BCUT2D eigenvalue weighted by atomic mass is 10.0. The first-order chi connectivity index (χ1) is 15.2. The second-order valence-electron chi connectivity index (χ2n) is 7.11. The van der Waals surface area contributed by atoms with Crippen LogP contribution in [0.2, 0.25) is 0 Å². The van der Waals surface area contributed by atoms with Crippen LogP contribution in [0.15, 0.2) is 73.3 Å². The first kappa shape index (κ1) is 20.4. The molecule has 1 atom stereocenters. The van der Waals surface area contributed by atoms with Gasteiger partial charge in [0.15, 0.2) is 5.82 Å². The molecule has 31 heavy (non-hydrogen) atoms. The average molecular weight is 413 g/mol. The van der Waals surface area contributed by atoms with E-state index >= 15 is 0 Å². The van der Waals surface area contributed by atoms with Gasteiger partial charge in [0.25, 0.3) is 5.91 Å². The first-order valence-electron chi connectivity index (χ1n) is 10.1. The second kappa shape index (κ2) is 9.32. The quantitative estimate of drug-likeness (QED) is 0.426. The monoisotopic (exact) mass is 413 g/mol. The van der Waals surface area contributed by atoms with Gasteiger partial charge in [0.2, 0.25) is 0 Å². The van der Waals surface area contributed by atoms with Gasteiger partial charge in [-0.2, -0.15) is 0 Å². The number of hydrogen-bond acceptors (Lipinski definition) is 5. The summed E-state index contributed by atoms with van der Waals surface area (Å²) >= 11 is 0. The van der Waals surface area contributed by atoms with Crippen LogP contribution in [0, 0.1) is 0 Å². The Labute approximate surface area is 180 Å². The van der Waals surface area contributed by atoms with Gasteiger partial charge in [-0.1, -0.05) is 37.3 Å². The number of hydrogen-bond donors (Lipinski definition) is 3. The summed E-state index contributed by atoms with van der Waals surface area (Å²) in [5.41, 5.74) is 4.11. The van der Waals surface area contributed by atoms with E-state index in [2.05, 4.69) is 25.3 Å². The number of nitrogens with zero attached hydrogens (tertiary/aromatic N) is 3. The molecule has 1 aromatic carbocycles. The molecule has 0 unspecified atom stereocenters. The minimum absolute atomic E-state index is 0.0790. The molecule has 0 saturated carbocycles. The maximum absolute atomic E-state index is 12.8. The van der Waals surface area contributed by atoms with Crippen LogP contribution in [0.25, 0.3) is 22.6 Å². The molecule has 7 nitrogen and oxygen atoms in total. The lowest BCUT2D eigenvalue weighted by Crippen LogP contribution is -2.28. The highest BCUT2D eigenvalue weighted by Gasteiger charge is 2.18. The second-order valence-corrected chi connectivity index (χ2v) is 7.11. The summed E-state index contributed by atoms with van der Waals surface area (Å²) < 4.78 is 0. The van der Waals surface area contributed by atoms with Gasteiger partial charge in [-0.05, 0) is 30.2 Å². The van der Waals surface area contributed by atoms with Crippen molar-refractivity contribution >= 4 is 5.91 Å². The zero-order chi connectivity index (χ0) is 21.6. The Bertz CT molecular complexity index is 1160. The van der Waals surface area contributed by atoms with Crippen LogP contribution in [0.1, 0.15) is 41.0 Å². The van der Waals surface area contributed by atoms with Gasteiger partial charge in [-0.25, -0.2) is 9.97 Å². The maximum atomic E-state index is 12.8. The van der Waals surface area contributed by atoms with Crippen LogP contribution in [0.4, 0.5) is 0 Å². The predicted molar refractivity (Wildman–Crippen MR) is 118 cm³/mol. The minimum Gasteiger partial charge on any atom is -0.392 e. The van der Waals surface area contributed by atoms with Crippen molar-refractivity contribution in [3.63, 3.8) is 0 Å². The number of nitrogens with one attached hydrogen (secondary N) is 2. The molecule has 4 aromatic rings. The smallest absolute Gasteiger partial charge is 0.268 e. The number of H-pyrrole nitrogens is 1. The number of rotatable bonds is 7. The number of carbonyl (C=O) groups is 1. The number of aromatic amines is 1. The third-order valence-corrected chi connectivity index (χ3v) is 5.07. The van der Waals surface area contributed by atoms with Gasteiger partial charge in [-0.15, -0.1) is 0 Å². The van der Waals surface area contributed by atoms with Gasteiger partial charge in [0.1, 0.15) is 5.69 Å². The van der Waals surface area contributed by atoms with Crippen molar-refractivity contribution in [3.05, 3.63) is 90.1 Å². The van der Waals surface area contributed by atoms with E-state index < -0.39 is 0 Å². The Kier molecular flexibility index (Phi) is 6.14. The summed E-state index contributed by atoms with van der Waals surface area (Å²) in [4.78, 5) is 28.9. The van der Waals surface area contributed by atoms with E-state index in [1.807, 2.05) is 49.4 Å². The van der Waals surface area contributed by atoms with E-state index in [-0.39, 0.29) is 18.6 Å². The lowest BCUT2D eigenvalue weighted by molar-refractivity contribution is 0.0931. The third-order valence-electron chi connectivity index (χ3n) is 5.07. The van der Waals surface area contributed by atoms with Crippen LogP contribution in [0.5, 0.6) is 0 Å². The number of carbonyl (C=O) groups excluding carboxylic acids is 1. The first-order valence-corrected chi connectivity index (χ1v) is 10.1. The topological polar surface area (TPSA) is 104 Å². The fourth-order valence-electron chi connectivity index (χ4n) is 3.41. The zero-order valence-corrected chi connectivity index (χ0v) is 17.1. The van der Waals surface area contributed by atoms with Crippen molar-refractivity contribution in [2.24, 2.45) is 0 Å². The molecular formula is C24H23N5O2. The van der Waals surface area contributed by atoms with Crippen LogP contribution in [-0.2, 0) is 6.61 Å². The van der Waals surface area contributed by atoms with Crippen LogP contribution in [0.3, 0.4) is 0 Å². The van der Waals surface area contributed by atoms with Gasteiger partial charge < -0.3 is 15.4 Å². The number of aliphatic hydroxyl groups excluding tert-OH is 1. The number of aromatic nitrogens is 4. The van der Waals surface area contributed by atoms with Crippen molar-refractivity contribution in [2.75, 3.05) is 0 Å². The summed E-state index contributed by atoms with van der Waals surface area (Å²) in [6.07, 6.45) is 7.45. The summed E-state index contributed by atoms with van der Waals surface area (Å²) in [5.74, 6) is 0.302. The highest BCUT2D eigenvalue weighted by atomic mass is 16.3. The van der Waals surface area contributed by atoms with Crippen molar-refractivity contribution in [1.29, 1.82) is 0 Å². The Hall–Kier alpha value is -3.84. The van der Waals surface area contributed by atoms with Gasteiger partial charge >= 0.3 is 0 Å². The van der Waals surface area contributed by atoms with Crippen LogP contribution in [-0.4, -0.2) is 30.9 Å². The fraction of sp³-hybridized carbons (Fsp3) is 0.167. The molecule has 0 fully saturated rings. The van der Waals surface area contributed by atoms with Gasteiger partial charge in [-0.3, -0.25) is 9.78 Å². The molecule has 0 spiro atoms. The van der Waals surface area contributed by atoms with Crippen molar-refractivity contribution < 1.29 is 9.90 Å². The van der Waals surface area contributed by atoms with Gasteiger partial charge in [0, 0.05) is 41.5 Å². The van der Waals surface area contributed by atoms with Crippen LogP contribution >= 0.6 is 0 Å². The fourth-order valence-corrected chi connectivity index (χ4v) is 3.41. The normalized spacial score (nSPS) is 11.8. The summed E-state index contributed by atoms with van der Waals surface area (Å²) in [6, 6.07) is 15.2. The number of amides is 1. The molecule has 3 N–H and O–H groups in total. The molecular weight excluding hydrogens is 390 g/mol. The molecule has 3 heterocycles. The predicted octanol–water partition coefficient (Wildman–Crippen LogP) is 3.91. The van der Waals surface area contributed by atoms with Crippen molar-refractivity contribution in [3.8, 4) is 22.6 Å². The maximum Gasteiger partial charge on any atom is 0.268 e. The minimum atomic E-state index is -0.207. The summed E-state index contributed by atoms with van der Waals surface area (Å²) in [7, 11) is 0. The van der Waals surface area contributed by atoms with Crippen molar-refractivity contribution in [1.82, 2.24) is 25.3 Å². The molecule has 0 saturated heterocycles. The summed E-state index contributed by atoms with van der Waals surface area (Å²) in [6.45, 7) is 1.83. The summed E-state index contributed by atoms with van der Waals surface area (Å²) in [5, 5.41) is 12.8. The number of pyridine rings is 1. The van der Waals surface area contributed by atoms with E-state index in [0.29, 0.717) is 28.3 Å². The molecule has 0 aliphatic heterocycles. The van der Waals surface area contributed by atoms with E-state index in [4.69, 9.17) is 0 Å². The Morgan fingerprint density at radius 1 is 1.13 bits per heavy atom. The van der Waals surface area contributed by atoms with Crippen molar-refractivity contribution in [2.45, 2.75) is 26.0 Å². The lowest BCUT2D eigenvalue weighted by Gasteiger charge is -2.16. The number of aliphatic hydroxyl groups is 1. The van der Waals surface area contributed by atoms with E-state index in [1.54, 1.807) is 30.9 Å². The molecule has 3 aromatic heterocycles. The Morgan fingerprint density at radius 3 is 2.68 bits per heavy atom. The SMILES string of the molecule is CC[C@@H](NC(=O)c1cc(-c2nc(-c3cccnc3)ncc2CO)c[nH]1)c1ccccc1. The third kappa shape index (κ3) is 4.51. The Morgan fingerprint density at radius 2 is 1.97 bits per heavy atom. The van der Waals surface area contributed by atoms with E-state index in [9.17, 15) is 9.90 Å². The largest absolute Gasteiger partial charge is 0.392 e. The molecule has 7 heteroatoms. The molecule has 4 rings (SSSR count).